The fourth-order valence-corrected chi connectivity index (χ4v) is 3.38. The normalized spacial score (nSPS) is 19.4. The average Bonchev–Trinajstić information content (AvgIpc) is 2.85. The van der Waals surface area contributed by atoms with Crippen molar-refractivity contribution >= 4 is 11.3 Å². The third-order valence-electron chi connectivity index (χ3n) is 3.58. The van der Waals surface area contributed by atoms with Gasteiger partial charge < -0.3 is 5.73 Å². The zero-order chi connectivity index (χ0) is 12.0. The Balaban J connectivity index is 2.10. The zero-order valence-electron chi connectivity index (χ0n) is 10.2. The van der Waals surface area contributed by atoms with Gasteiger partial charge in [0.1, 0.15) is 0 Å². The van der Waals surface area contributed by atoms with Gasteiger partial charge in [-0.15, -0.1) is 11.3 Å². The van der Waals surface area contributed by atoms with Crippen molar-refractivity contribution in [2.24, 2.45) is 5.73 Å². The van der Waals surface area contributed by atoms with Crippen LogP contribution in [0.5, 0.6) is 0 Å². The van der Waals surface area contributed by atoms with Gasteiger partial charge in [0.05, 0.1) is 5.69 Å². The molecule has 1 unspecified atom stereocenters. The third-order valence-corrected chi connectivity index (χ3v) is 4.65. The molecule has 0 aliphatic heterocycles. The highest BCUT2D eigenvalue weighted by Gasteiger charge is 2.21. The number of nitrogens with two attached hydrogens (primary N) is 1. The van der Waals surface area contributed by atoms with E-state index in [9.17, 15) is 0 Å². The molecule has 0 aromatic carbocycles. The molecule has 4 heteroatoms. The average molecular weight is 247 g/mol. The molecule has 0 saturated heterocycles. The smallest absolute Gasteiger partial charge is 0.194 e. The lowest BCUT2D eigenvalue weighted by Gasteiger charge is -2.20. The molecule has 1 aliphatic carbocycles. The van der Waals surface area contributed by atoms with Crippen LogP contribution in [-0.4, -0.2) is 9.55 Å². The van der Waals surface area contributed by atoms with Crippen molar-refractivity contribution in [2.45, 2.75) is 39.2 Å². The number of hydrogen-bond donors (Lipinski definition) is 1. The molecule has 0 amide bonds. The Morgan fingerprint density at radius 3 is 3.00 bits per heavy atom. The number of thiazole rings is 1. The molecule has 3 rings (SSSR count). The van der Waals surface area contributed by atoms with E-state index >= 15 is 0 Å². The van der Waals surface area contributed by atoms with Crippen LogP contribution >= 0.6 is 11.3 Å². The summed E-state index contributed by atoms with van der Waals surface area (Å²) >= 11 is 1.76. The Morgan fingerprint density at radius 2 is 2.29 bits per heavy atom. The van der Waals surface area contributed by atoms with Crippen LogP contribution in [0.25, 0.3) is 5.13 Å². The number of aromatic nitrogens is 2. The van der Waals surface area contributed by atoms with E-state index in [4.69, 9.17) is 5.73 Å². The summed E-state index contributed by atoms with van der Waals surface area (Å²) in [5, 5.41) is 1.08. The highest BCUT2D eigenvalue weighted by molar-refractivity contribution is 7.14. The summed E-state index contributed by atoms with van der Waals surface area (Å²) in [4.78, 5) is 5.92. The fraction of sp³-hybridized carbons (Fsp3) is 0.462. The molecule has 2 aromatic heterocycles. The summed E-state index contributed by atoms with van der Waals surface area (Å²) in [5.41, 5.74) is 9.94. The summed E-state index contributed by atoms with van der Waals surface area (Å²) in [6.07, 6.45) is 5.52. The van der Waals surface area contributed by atoms with Crippen LogP contribution < -0.4 is 5.73 Å². The SMILES string of the molecule is Cc1nc(-n2ccc3c2CCCC3N)sc1C. The molecular formula is C13H17N3S. The van der Waals surface area contributed by atoms with Gasteiger partial charge in [-0.25, -0.2) is 4.98 Å². The lowest BCUT2D eigenvalue weighted by atomic mass is 9.94. The predicted molar refractivity (Wildman–Crippen MR) is 70.8 cm³/mol. The maximum Gasteiger partial charge on any atom is 0.194 e. The number of aryl methyl sites for hydroxylation is 2. The van der Waals surface area contributed by atoms with E-state index in [0.717, 1.165) is 23.7 Å². The molecule has 0 saturated carbocycles. The van der Waals surface area contributed by atoms with Crippen LogP contribution in [0.3, 0.4) is 0 Å². The van der Waals surface area contributed by atoms with Crippen LogP contribution in [0.1, 0.15) is 40.7 Å². The van der Waals surface area contributed by atoms with Crippen LogP contribution in [-0.2, 0) is 6.42 Å². The van der Waals surface area contributed by atoms with Gasteiger partial charge in [-0.05, 0) is 44.7 Å². The van der Waals surface area contributed by atoms with Gasteiger partial charge in [-0.3, -0.25) is 4.57 Å². The fourth-order valence-electron chi connectivity index (χ4n) is 2.47. The van der Waals surface area contributed by atoms with Crippen molar-refractivity contribution in [2.75, 3.05) is 0 Å². The Kier molecular flexibility index (Phi) is 2.56. The molecule has 2 heterocycles. The number of hydrogen-bond acceptors (Lipinski definition) is 3. The van der Waals surface area contributed by atoms with Crippen molar-refractivity contribution in [3.8, 4) is 5.13 Å². The second kappa shape index (κ2) is 3.96. The molecule has 1 atom stereocenters. The molecule has 2 aromatic rings. The topological polar surface area (TPSA) is 43.8 Å². The van der Waals surface area contributed by atoms with Gasteiger partial charge in [0.25, 0.3) is 0 Å². The predicted octanol–water partition coefficient (Wildman–Crippen LogP) is 2.89. The molecule has 3 nitrogen and oxygen atoms in total. The first-order chi connectivity index (χ1) is 8.16. The van der Waals surface area contributed by atoms with Crippen molar-refractivity contribution in [1.29, 1.82) is 0 Å². The monoisotopic (exact) mass is 247 g/mol. The first-order valence-electron chi connectivity index (χ1n) is 6.07. The molecule has 1 aliphatic rings. The van der Waals surface area contributed by atoms with Crippen molar-refractivity contribution < 1.29 is 0 Å². The number of rotatable bonds is 1. The Morgan fingerprint density at radius 1 is 1.47 bits per heavy atom. The minimum Gasteiger partial charge on any atom is -0.324 e. The number of nitrogens with zero attached hydrogens (tertiary/aromatic N) is 2. The first-order valence-corrected chi connectivity index (χ1v) is 6.88. The van der Waals surface area contributed by atoms with E-state index in [1.807, 2.05) is 0 Å². The summed E-state index contributed by atoms with van der Waals surface area (Å²) in [5.74, 6) is 0. The largest absolute Gasteiger partial charge is 0.324 e. The maximum absolute atomic E-state index is 6.14. The summed E-state index contributed by atoms with van der Waals surface area (Å²) in [7, 11) is 0. The van der Waals surface area contributed by atoms with E-state index in [2.05, 4.69) is 35.7 Å². The van der Waals surface area contributed by atoms with E-state index < -0.39 is 0 Å². The molecule has 17 heavy (non-hydrogen) atoms. The standard InChI is InChI=1S/C13H17N3S/c1-8-9(2)17-13(15-8)16-7-6-10-11(14)4-3-5-12(10)16/h6-7,11H,3-5,14H2,1-2H3. The van der Waals surface area contributed by atoms with E-state index in [0.29, 0.717) is 0 Å². The van der Waals surface area contributed by atoms with Gasteiger partial charge >= 0.3 is 0 Å². The van der Waals surface area contributed by atoms with Crippen molar-refractivity contribution in [3.05, 3.63) is 34.1 Å². The summed E-state index contributed by atoms with van der Waals surface area (Å²) in [6.45, 7) is 4.19. The van der Waals surface area contributed by atoms with Crippen molar-refractivity contribution in [3.63, 3.8) is 0 Å². The Bertz CT molecular complexity index is 534. The molecule has 2 N–H and O–H groups in total. The Hall–Kier alpha value is -1.13. The second-order valence-electron chi connectivity index (χ2n) is 4.72. The number of fused-ring (bicyclic) bond motifs is 1. The van der Waals surface area contributed by atoms with Crippen LogP contribution in [0.4, 0.5) is 0 Å². The van der Waals surface area contributed by atoms with Crippen LogP contribution in [0, 0.1) is 13.8 Å². The minimum atomic E-state index is 0.210. The molecular weight excluding hydrogens is 230 g/mol. The lowest BCUT2D eigenvalue weighted by molar-refractivity contribution is 0.560. The van der Waals surface area contributed by atoms with Gasteiger partial charge in [0.15, 0.2) is 5.13 Å². The van der Waals surface area contributed by atoms with Crippen molar-refractivity contribution in [1.82, 2.24) is 9.55 Å². The molecule has 0 radical (unpaired) electrons. The first kappa shape index (κ1) is 11.0. The molecule has 90 valence electrons. The van der Waals surface area contributed by atoms with Gasteiger partial charge in [-0.2, -0.15) is 0 Å². The highest BCUT2D eigenvalue weighted by Crippen LogP contribution is 2.32. The third kappa shape index (κ3) is 1.72. The van der Waals surface area contributed by atoms with Gasteiger partial charge in [-0.1, -0.05) is 0 Å². The minimum absolute atomic E-state index is 0.210. The lowest BCUT2D eigenvalue weighted by Crippen LogP contribution is -2.17. The molecule has 0 spiro atoms. The van der Waals surface area contributed by atoms with E-state index in [1.165, 1.54) is 22.6 Å². The van der Waals surface area contributed by atoms with Gasteiger partial charge in [0.2, 0.25) is 0 Å². The highest BCUT2D eigenvalue weighted by atomic mass is 32.1. The zero-order valence-corrected chi connectivity index (χ0v) is 11.0. The summed E-state index contributed by atoms with van der Waals surface area (Å²) in [6, 6.07) is 2.37. The maximum atomic E-state index is 6.14. The van der Waals surface area contributed by atoms with Gasteiger partial charge in [0, 0.05) is 22.8 Å². The molecule has 0 fully saturated rings. The summed E-state index contributed by atoms with van der Waals surface area (Å²) < 4.78 is 2.22. The molecule has 0 bridgehead atoms. The van der Waals surface area contributed by atoms with Crippen LogP contribution in [0.2, 0.25) is 0 Å². The van der Waals surface area contributed by atoms with E-state index in [-0.39, 0.29) is 6.04 Å². The quantitative estimate of drug-likeness (QED) is 0.842. The second-order valence-corrected chi connectivity index (χ2v) is 5.91. The Labute approximate surface area is 105 Å². The van der Waals surface area contributed by atoms with Crippen LogP contribution in [0.15, 0.2) is 12.3 Å². The van der Waals surface area contributed by atoms with E-state index in [1.54, 1.807) is 11.3 Å².